The topological polar surface area (TPSA) is 28.7 Å². The lowest BCUT2D eigenvalue weighted by Crippen LogP contribution is -1.86. The van der Waals surface area contributed by atoms with Crippen molar-refractivity contribution in [3.63, 3.8) is 0 Å². The van der Waals surface area contributed by atoms with Crippen molar-refractivity contribution in [2.75, 3.05) is 0 Å². The van der Waals surface area contributed by atoms with Gasteiger partial charge in [-0.3, -0.25) is 0 Å². The molecule has 0 amide bonds. The van der Waals surface area contributed by atoms with Gasteiger partial charge in [0.2, 0.25) is 0 Å². The molecule has 0 fully saturated rings. The molecule has 2 aromatic rings. The minimum Gasteiger partial charge on any atom is -0.334 e. The number of fused-ring (bicyclic) bond motifs is 1. The molecular weight excluding hydrogens is 196 g/mol. The van der Waals surface area contributed by atoms with Crippen molar-refractivity contribution < 1.29 is 0 Å². The van der Waals surface area contributed by atoms with E-state index in [1.807, 2.05) is 36.7 Å². The van der Waals surface area contributed by atoms with Crippen LogP contribution in [0.25, 0.3) is 10.9 Å². The molecule has 0 N–H and O–H groups in total. The molecule has 1 aromatic heterocycles. The van der Waals surface area contributed by atoms with E-state index in [9.17, 15) is 0 Å². The quantitative estimate of drug-likeness (QED) is 0.649. The smallest absolute Gasteiger partial charge is 0.127 e. The van der Waals surface area contributed by atoms with Gasteiger partial charge in [0.15, 0.2) is 0 Å². The van der Waals surface area contributed by atoms with Crippen LogP contribution in [0.5, 0.6) is 0 Å². The Kier molecular flexibility index (Phi) is 1.98. The Labute approximate surface area is 87.3 Å². The van der Waals surface area contributed by atoms with Crippen LogP contribution in [0, 0.1) is 18.3 Å². The summed E-state index contributed by atoms with van der Waals surface area (Å²) in [6.07, 6.45) is 0. The zero-order valence-corrected chi connectivity index (χ0v) is 8.76. The number of aromatic nitrogens is 1. The van der Waals surface area contributed by atoms with Gasteiger partial charge in [0.05, 0.1) is 11.1 Å². The Morgan fingerprint density at radius 2 is 2.14 bits per heavy atom. The van der Waals surface area contributed by atoms with Crippen LogP contribution < -0.4 is 0 Å². The third-order valence-corrected chi connectivity index (χ3v) is 2.84. The third kappa shape index (κ3) is 1.10. The summed E-state index contributed by atoms with van der Waals surface area (Å²) in [6, 6.07) is 8.08. The number of hydrogen-bond acceptors (Lipinski definition) is 1. The van der Waals surface area contributed by atoms with Crippen molar-refractivity contribution in [3.05, 3.63) is 34.5 Å². The van der Waals surface area contributed by atoms with Gasteiger partial charge in [-0.05, 0) is 18.6 Å². The SMILES string of the molecule is Cc1ccc2c(C#N)c(Cl)n(C)c2c1. The maximum absolute atomic E-state index is 8.95. The Bertz CT molecular complexity index is 546. The molecule has 0 unspecified atom stereocenters. The second-order valence-electron chi connectivity index (χ2n) is 3.36. The van der Waals surface area contributed by atoms with Gasteiger partial charge >= 0.3 is 0 Å². The van der Waals surface area contributed by atoms with Crippen molar-refractivity contribution in [2.24, 2.45) is 7.05 Å². The van der Waals surface area contributed by atoms with E-state index in [0.717, 1.165) is 10.9 Å². The first kappa shape index (κ1) is 9.11. The summed E-state index contributed by atoms with van der Waals surface area (Å²) < 4.78 is 1.84. The molecule has 14 heavy (non-hydrogen) atoms. The van der Waals surface area contributed by atoms with Crippen LogP contribution in [-0.2, 0) is 7.05 Å². The van der Waals surface area contributed by atoms with E-state index in [-0.39, 0.29) is 0 Å². The molecule has 1 aromatic carbocycles. The highest BCUT2D eigenvalue weighted by molar-refractivity contribution is 6.32. The highest BCUT2D eigenvalue weighted by Crippen LogP contribution is 2.28. The number of nitrogens with zero attached hydrogens (tertiary/aromatic N) is 2. The van der Waals surface area contributed by atoms with E-state index >= 15 is 0 Å². The summed E-state index contributed by atoms with van der Waals surface area (Å²) in [6.45, 7) is 2.02. The van der Waals surface area contributed by atoms with Crippen LogP contribution in [0.3, 0.4) is 0 Å². The van der Waals surface area contributed by atoms with E-state index in [1.165, 1.54) is 5.56 Å². The summed E-state index contributed by atoms with van der Waals surface area (Å²) in [4.78, 5) is 0. The van der Waals surface area contributed by atoms with Crippen molar-refractivity contribution in [1.29, 1.82) is 5.26 Å². The van der Waals surface area contributed by atoms with Crippen LogP contribution in [-0.4, -0.2) is 4.57 Å². The Balaban J connectivity index is 2.97. The summed E-state index contributed by atoms with van der Waals surface area (Å²) in [5.74, 6) is 0. The van der Waals surface area contributed by atoms with Gasteiger partial charge in [0.25, 0.3) is 0 Å². The fourth-order valence-corrected chi connectivity index (χ4v) is 1.86. The zero-order valence-electron chi connectivity index (χ0n) is 8.00. The number of aryl methyl sites for hydroxylation is 2. The minimum absolute atomic E-state index is 0.508. The minimum atomic E-state index is 0.508. The van der Waals surface area contributed by atoms with Gasteiger partial charge in [-0.2, -0.15) is 5.26 Å². The van der Waals surface area contributed by atoms with E-state index in [0.29, 0.717) is 10.7 Å². The van der Waals surface area contributed by atoms with E-state index in [1.54, 1.807) is 0 Å². The van der Waals surface area contributed by atoms with Crippen LogP contribution in [0.15, 0.2) is 18.2 Å². The third-order valence-electron chi connectivity index (χ3n) is 2.40. The molecule has 0 saturated heterocycles. The maximum atomic E-state index is 8.95. The lowest BCUT2D eigenvalue weighted by molar-refractivity contribution is 0.967. The van der Waals surface area contributed by atoms with Crippen LogP contribution >= 0.6 is 11.6 Å². The van der Waals surface area contributed by atoms with Crippen LogP contribution in [0.1, 0.15) is 11.1 Å². The average Bonchev–Trinajstić information content (AvgIpc) is 2.41. The van der Waals surface area contributed by atoms with E-state index in [4.69, 9.17) is 16.9 Å². The van der Waals surface area contributed by atoms with Gasteiger partial charge < -0.3 is 4.57 Å². The predicted molar refractivity (Wildman–Crippen MR) is 57.4 cm³/mol. The first-order chi connectivity index (χ1) is 6.65. The maximum Gasteiger partial charge on any atom is 0.127 e. The van der Waals surface area contributed by atoms with Gasteiger partial charge in [-0.1, -0.05) is 23.7 Å². The molecular formula is C11H9ClN2. The molecule has 2 rings (SSSR count). The number of nitriles is 1. The van der Waals surface area contributed by atoms with Crippen molar-refractivity contribution in [1.82, 2.24) is 4.57 Å². The first-order valence-electron chi connectivity index (χ1n) is 4.30. The van der Waals surface area contributed by atoms with Gasteiger partial charge in [0.1, 0.15) is 11.2 Å². The summed E-state index contributed by atoms with van der Waals surface area (Å²) in [7, 11) is 1.87. The molecule has 0 radical (unpaired) electrons. The Morgan fingerprint density at radius 3 is 2.79 bits per heavy atom. The Hall–Kier alpha value is -1.46. The Morgan fingerprint density at radius 1 is 1.43 bits per heavy atom. The monoisotopic (exact) mass is 204 g/mol. The van der Waals surface area contributed by atoms with E-state index in [2.05, 4.69) is 6.07 Å². The molecule has 0 bridgehead atoms. The van der Waals surface area contributed by atoms with Gasteiger partial charge in [0, 0.05) is 12.4 Å². The van der Waals surface area contributed by atoms with Crippen LogP contribution in [0.2, 0.25) is 5.15 Å². The van der Waals surface area contributed by atoms with Crippen molar-refractivity contribution >= 4 is 22.5 Å². The highest BCUT2D eigenvalue weighted by Gasteiger charge is 2.12. The second-order valence-corrected chi connectivity index (χ2v) is 3.72. The summed E-state index contributed by atoms with van der Waals surface area (Å²) in [5.41, 5.74) is 2.73. The molecule has 0 aliphatic carbocycles. The molecule has 70 valence electrons. The number of halogens is 1. The summed E-state index contributed by atoms with van der Waals surface area (Å²) in [5, 5.41) is 10.4. The molecule has 0 spiro atoms. The molecule has 0 aliphatic rings. The van der Waals surface area contributed by atoms with Crippen LogP contribution in [0.4, 0.5) is 0 Å². The normalized spacial score (nSPS) is 10.4. The zero-order chi connectivity index (χ0) is 10.3. The average molecular weight is 205 g/mol. The van der Waals surface area contributed by atoms with Gasteiger partial charge in [-0.15, -0.1) is 0 Å². The van der Waals surface area contributed by atoms with Crippen molar-refractivity contribution in [3.8, 4) is 6.07 Å². The lowest BCUT2D eigenvalue weighted by Gasteiger charge is -1.97. The largest absolute Gasteiger partial charge is 0.334 e. The molecule has 1 heterocycles. The second kappa shape index (κ2) is 3.04. The fourth-order valence-electron chi connectivity index (χ4n) is 1.62. The fraction of sp³-hybridized carbons (Fsp3) is 0.182. The molecule has 0 atom stereocenters. The number of rotatable bonds is 0. The highest BCUT2D eigenvalue weighted by atomic mass is 35.5. The van der Waals surface area contributed by atoms with Gasteiger partial charge in [-0.25, -0.2) is 0 Å². The number of hydrogen-bond donors (Lipinski definition) is 0. The van der Waals surface area contributed by atoms with E-state index < -0.39 is 0 Å². The summed E-state index contributed by atoms with van der Waals surface area (Å²) >= 11 is 6.03. The molecule has 2 nitrogen and oxygen atoms in total. The van der Waals surface area contributed by atoms with Crippen molar-refractivity contribution in [2.45, 2.75) is 6.92 Å². The molecule has 0 aliphatic heterocycles. The first-order valence-corrected chi connectivity index (χ1v) is 4.67. The molecule has 0 saturated carbocycles. The standard InChI is InChI=1S/C11H9ClN2/c1-7-3-4-8-9(6-13)11(12)14(2)10(8)5-7/h3-5H,1-2H3. The molecule has 3 heteroatoms. The lowest BCUT2D eigenvalue weighted by atomic mass is 10.1. The number of benzene rings is 1. The predicted octanol–water partition coefficient (Wildman–Crippen LogP) is 3.01.